The number of sulfonamides is 1. The van der Waals surface area contributed by atoms with Crippen molar-refractivity contribution in [2.75, 3.05) is 6.61 Å². The first kappa shape index (κ1) is 19.8. The maximum Gasteiger partial charge on any atom is 0.453 e. The summed E-state index contributed by atoms with van der Waals surface area (Å²) in [6.45, 7) is 4.13. The Morgan fingerprint density at radius 1 is 1.26 bits per heavy atom. The van der Waals surface area contributed by atoms with Crippen molar-refractivity contribution in [3.8, 4) is 5.69 Å². The maximum atomic E-state index is 13.2. The zero-order chi connectivity index (χ0) is 20.0. The van der Waals surface area contributed by atoms with E-state index in [1.54, 1.807) is 0 Å². The van der Waals surface area contributed by atoms with Crippen LogP contribution in [0.3, 0.4) is 0 Å². The summed E-state index contributed by atoms with van der Waals surface area (Å²) in [6, 6.07) is 5.14. The highest BCUT2D eigenvalue weighted by Crippen LogP contribution is 2.37. The number of primary sulfonamides is 1. The van der Waals surface area contributed by atoms with Crippen LogP contribution in [-0.4, -0.2) is 35.4 Å². The molecule has 2 N–H and O–H groups in total. The van der Waals surface area contributed by atoms with Crippen molar-refractivity contribution in [2.24, 2.45) is 5.14 Å². The van der Waals surface area contributed by atoms with Crippen molar-refractivity contribution in [3.05, 3.63) is 35.9 Å². The van der Waals surface area contributed by atoms with E-state index in [0.717, 1.165) is 4.68 Å². The predicted molar refractivity (Wildman–Crippen MR) is 89.7 cm³/mol. The molecular weight excluding hydrogens is 385 g/mol. The third-order valence-corrected chi connectivity index (χ3v) is 5.29. The summed E-state index contributed by atoms with van der Waals surface area (Å²) in [5.41, 5.74) is -0.222. The SMILES string of the molecule is CC1(C)CC(c2nc(C(F)(F)F)nn2-c2ccc(S(N)(=O)=O)cc2)CCO1. The van der Waals surface area contributed by atoms with E-state index >= 15 is 0 Å². The summed E-state index contributed by atoms with van der Waals surface area (Å²) in [7, 11) is -3.91. The number of benzene rings is 1. The molecule has 0 bridgehead atoms. The highest BCUT2D eigenvalue weighted by molar-refractivity contribution is 7.89. The minimum Gasteiger partial charge on any atom is -0.376 e. The molecule has 1 aliphatic heterocycles. The molecule has 2 aromatic rings. The molecule has 1 aliphatic rings. The van der Waals surface area contributed by atoms with Crippen LogP contribution in [0.4, 0.5) is 13.2 Å². The number of rotatable bonds is 3. The zero-order valence-electron chi connectivity index (χ0n) is 14.7. The molecule has 1 aromatic carbocycles. The molecule has 0 amide bonds. The number of alkyl halides is 3. The first-order chi connectivity index (χ1) is 12.4. The summed E-state index contributed by atoms with van der Waals surface area (Å²) in [4.78, 5) is 3.60. The molecule has 1 fully saturated rings. The molecule has 0 aliphatic carbocycles. The fourth-order valence-corrected chi connectivity index (χ4v) is 3.64. The summed E-state index contributed by atoms with van der Waals surface area (Å²) in [5, 5.41) is 8.68. The summed E-state index contributed by atoms with van der Waals surface area (Å²) in [5.74, 6) is -1.35. The molecule has 148 valence electrons. The number of nitrogens with zero attached hydrogens (tertiary/aromatic N) is 3. The molecule has 0 spiro atoms. The van der Waals surface area contributed by atoms with Crippen molar-refractivity contribution in [1.82, 2.24) is 14.8 Å². The Balaban J connectivity index is 2.07. The number of hydrogen-bond acceptors (Lipinski definition) is 5. The minimum absolute atomic E-state index is 0.142. The summed E-state index contributed by atoms with van der Waals surface area (Å²) < 4.78 is 69.0. The van der Waals surface area contributed by atoms with Gasteiger partial charge in [-0.3, -0.25) is 0 Å². The number of halogens is 3. The third kappa shape index (κ3) is 4.30. The van der Waals surface area contributed by atoms with Crippen molar-refractivity contribution in [2.45, 2.75) is 49.3 Å². The first-order valence-electron chi connectivity index (χ1n) is 8.18. The van der Waals surface area contributed by atoms with Crippen molar-refractivity contribution < 1.29 is 26.3 Å². The van der Waals surface area contributed by atoms with E-state index in [-0.39, 0.29) is 22.3 Å². The standard InChI is InChI=1S/C16H19F3N4O3S/c1-15(2)9-10(7-8-26-15)13-21-14(16(17,18)19)22-23(13)11-3-5-12(6-4-11)27(20,24)25/h3-6,10H,7-9H2,1-2H3,(H2,20,24,25). The molecule has 1 unspecified atom stereocenters. The van der Waals surface area contributed by atoms with Crippen LogP contribution < -0.4 is 5.14 Å². The van der Waals surface area contributed by atoms with Gasteiger partial charge in [0.2, 0.25) is 10.0 Å². The maximum absolute atomic E-state index is 13.2. The largest absolute Gasteiger partial charge is 0.453 e. The zero-order valence-corrected chi connectivity index (χ0v) is 15.5. The van der Waals surface area contributed by atoms with E-state index in [9.17, 15) is 21.6 Å². The smallest absolute Gasteiger partial charge is 0.376 e. The Labute approximate surface area is 154 Å². The number of aromatic nitrogens is 3. The van der Waals surface area contributed by atoms with Gasteiger partial charge in [-0.2, -0.15) is 13.2 Å². The van der Waals surface area contributed by atoms with Gasteiger partial charge in [0.25, 0.3) is 5.82 Å². The lowest BCUT2D eigenvalue weighted by Crippen LogP contribution is -2.34. The highest BCUT2D eigenvalue weighted by Gasteiger charge is 2.40. The van der Waals surface area contributed by atoms with Crippen molar-refractivity contribution in [3.63, 3.8) is 0 Å². The van der Waals surface area contributed by atoms with E-state index in [1.807, 2.05) is 13.8 Å². The lowest BCUT2D eigenvalue weighted by Gasteiger charge is -2.35. The second kappa shape index (κ2) is 6.57. The third-order valence-electron chi connectivity index (χ3n) is 4.36. The average Bonchev–Trinajstić information content (AvgIpc) is 2.99. The van der Waals surface area contributed by atoms with Gasteiger partial charge in [0.15, 0.2) is 0 Å². The van der Waals surface area contributed by atoms with Crippen LogP contribution >= 0.6 is 0 Å². The highest BCUT2D eigenvalue weighted by atomic mass is 32.2. The lowest BCUT2D eigenvalue weighted by atomic mass is 9.88. The Kier molecular flexibility index (Phi) is 4.81. The summed E-state index contributed by atoms with van der Waals surface area (Å²) in [6.07, 6.45) is -3.70. The van der Waals surface area contributed by atoms with Gasteiger partial charge < -0.3 is 4.74 Å². The van der Waals surface area contributed by atoms with Gasteiger partial charge in [-0.15, -0.1) is 5.10 Å². The number of hydrogen-bond donors (Lipinski definition) is 1. The molecule has 0 saturated carbocycles. The Bertz CT molecular complexity index is 937. The molecule has 3 rings (SSSR count). The molecule has 2 heterocycles. The van der Waals surface area contributed by atoms with Crippen molar-refractivity contribution >= 4 is 10.0 Å². The van der Waals surface area contributed by atoms with Crippen LogP contribution in [0.2, 0.25) is 0 Å². The Morgan fingerprint density at radius 2 is 1.89 bits per heavy atom. The van der Waals surface area contributed by atoms with Crippen molar-refractivity contribution in [1.29, 1.82) is 0 Å². The molecule has 1 aromatic heterocycles. The van der Waals surface area contributed by atoms with E-state index in [4.69, 9.17) is 9.88 Å². The van der Waals surface area contributed by atoms with E-state index in [0.29, 0.717) is 19.4 Å². The predicted octanol–water partition coefficient (Wildman–Crippen LogP) is 2.61. The van der Waals surface area contributed by atoms with E-state index < -0.39 is 27.6 Å². The van der Waals surface area contributed by atoms with Gasteiger partial charge in [-0.05, 0) is 51.0 Å². The van der Waals surface area contributed by atoms with Gasteiger partial charge in [-0.1, -0.05) is 0 Å². The van der Waals surface area contributed by atoms with E-state index in [2.05, 4.69) is 10.1 Å². The van der Waals surface area contributed by atoms with Crippen LogP contribution in [0.1, 0.15) is 44.3 Å². The minimum atomic E-state index is -4.69. The number of ether oxygens (including phenoxy) is 1. The molecular formula is C16H19F3N4O3S. The molecule has 7 nitrogen and oxygen atoms in total. The van der Waals surface area contributed by atoms with Crippen LogP contribution in [0.15, 0.2) is 29.2 Å². The molecule has 1 atom stereocenters. The normalized spacial score (nSPS) is 20.6. The summed E-state index contributed by atoms with van der Waals surface area (Å²) >= 11 is 0. The Hall–Kier alpha value is -1.98. The van der Waals surface area contributed by atoms with Crippen LogP contribution in [0, 0.1) is 0 Å². The lowest BCUT2D eigenvalue weighted by molar-refractivity contribution is -0.144. The fourth-order valence-electron chi connectivity index (χ4n) is 3.13. The van der Waals surface area contributed by atoms with Gasteiger partial charge in [-0.25, -0.2) is 23.2 Å². The van der Waals surface area contributed by atoms with E-state index in [1.165, 1.54) is 24.3 Å². The number of nitrogens with two attached hydrogens (primary N) is 1. The van der Waals surface area contributed by atoms with Crippen LogP contribution in [-0.2, 0) is 20.9 Å². The second-order valence-corrected chi connectivity index (χ2v) is 8.60. The Morgan fingerprint density at radius 3 is 2.41 bits per heavy atom. The quantitative estimate of drug-likeness (QED) is 0.848. The fraction of sp³-hybridized carbons (Fsp3) is 0.500. The topological polar surface area (TPSA) is 100 Å². The second-order valence-electron chi connectivity index (χ2n) is 7.04. The van der Waals surface area contributed by atoms with Gasteiger partial charge in [0.1, 0.15) is 5.82 Å². The van der Waals surface area contributed by atoms with Gasteiger partial charge in [0.05, 0.1) is 16.2 Å². The van der Waals surface area contributed by atoms with Crippen LogP contribution in [0.5, 0.6) is 0 Å². The first-order valence-corrected chi connectivity index (χ1v) is 9.73. The molecule has 1 saturated heterocycles. The monoisotopic (exact) mass is 404 g/mol. The molecule has 11 heteroatoms. The molecule has 0 radical (unpaired) electrons. The molecule has 27 heavy (non-hydrogen) atoms. The van der Waals surface area contributed by atoms with Gasteiger partial charge in [0, 0.05) is 12.5 Å². The van der Waals surface area contributed by atoms with Crippen LogP contribution in [0.25, 0.3) is 5.69 Å². The average molecular weight is 404 g/mol. The van der Waals surface area contributed by atoms with Gasteiger partial charge >= 0.3 is 6.18 Å².